The Bertz CT molecular complexity index is 1830. The number of rotatable bonds is 15. The van der Waals surface area contributed by atoms with Gasteiger partial charge in [-0.25, -0.2) is 16.8 Å². The SMILES string of the molecule is CCOc1ccc(-c2ccc(CN)cc2)cc1S(=O)(=O)N1CCC2(CC1)C[C@@H](CC[C@H](O)COc1cccc(S(=O)(=O)C(F)(F)CO)c1)CO2. The highest BCUT2D eigenvalue weighted by Gasteiger charge is 2.46. The molecule has 0 unspecified atom stereocenters. The number of ether oxygens (including phenoxy) is 3. The molecule has 0 saturated carbocycles. The third-order valence-corrected chi connectivity index (χ3v) is 13.1. The van der Waals surface area contributed by atoms with E-state index >= 15 is 0 Å². The lowest BCUT2D eigenvalue weighted by Gasteiger charge is -2.38. The second-order valence-electron chi connectivity index (χ2n) is 12.8. The third kappa shape index (κ3) is 8.30. The van der Waals surface area contributed by atoms with Crippen LogP contribution in [0.3, 0.4) is 0 Å². The maximum absolute atomic E-state index is 14.0. The molecule has 2 heterocycles. The fraction of sp³-hybridized carbons (Fsp3) is 0.486. The van der Waals surface area contributed by atoms with E-state index in [-0.39, 0.29) is 36.3 Å². The first-order chi connectivity index (χ1) is 23.7. The molecule has 3 aromatic carbocycles. The molecule has 15 heteroatoms. The number of hydrogen-bond donors (Lipinski definition) is 3. The smallest absolute Gasteiger partial charge is 0.372 e. The van der Waals surface area contributed by atoms with Crippen LogP contribution < -0.4 is 15.2 Å². The van der Waals surface area contributed by atoms with Gasteiger partial charge in [-0.1, -0.05) is 36.4 Å². The van der Waals surface area contributed by atoms with Crippen molar-refractivity contribution in [3.63, 3.8) is 0 Å². The molecule has 5 rings (SSSR count). The molecular weight excluding hydrogens is 695 g/mol. The number of alkyl halides is 2. The van der Waals surface area contributed by atoms with Crippen molar-refractivity contribution < 1.29 is 50.0 Å². The van der Waals surface area contributed by atoms with Crippen LogP contribution in [0.4, 0.5) is 8.78 Å². The zero-order valence-corrected chi connectivity index (χ0v) is 29.5. The van der Waals surface area contributed by atoms with Gasteiger partial charge >= 0.3 is 5.25 Å². The number of nitrogens with two attached hydrogens (primary N) is 1. The summed E-state index contributed by atoms with van der Waals surface area (Å²) in [7, 11) is -9.00. The fourth-order valence-corrected chi connectivity index (χ4v) is 9.08. The number of nitrogens with zero attached hydrogens (tertiary/aromatic N) is 1. The van der Waals surface area contributed by atoms with Gasteiger partial charge in [-0.3, -0.25) is 0 Å². The van der Waals surface area contributed by atoms with E-state index in [2.05, 4.69) is 0 Å². The summed E-state index contributed by atoms with van der Waals surface area (Å²) in [6, 6.07) is 17.4. The molecule has 50 heavy (non-hydrogen) atoms. The number of benzene rings is 3. The normalized spacial score (nSPS) is 19.0. The lowest BCUT2D eigenvalue weighted by Crippen LogP contribution is -2.46. The van der Waals surface area contributed by atoms with Crippen LogP contribution in [0.1, 0.15) is 44.6 Å². The topological polar surface area (TPSA) is 166 Å². The maximum Gasteiger partial charge on any atom is 0.372 e. The third-order valence-electron chi connectivity index (χ3n) is 9.35. The first kappa shape index (κ1) is 38.1. The first-order valence-corrected chi connectivity index (χ1v) is 19.5. The van der Waals surface area contributed by atoms with Crippen molar-refractivity contribution in [2.45, 2.75) is 72.3 Å². The zero-order chi connectivity index (χ0) is 36.2. The molecular formula is C35H44F2N2O9S2. The molecule has 0 aliphatic carbocycles. The Morgan fingerprint density at radius 1 is 1.02 bits per heavy atom. The van der Waals surface area contributed by atoms with E-state index in [1.807, 2.05) is 30.3 Å². The number of aliphatic hydroxyl groups excluding tert-OH is 2. The van der Waals surface area contributed by atoms with E-state index in [1.165, 1.54) is 16.4 Å². The van der Waals surface area contributed by atoms with E-state index in [9.17, 15) is 30.7 Å². The summed E-state index contributed by atoms with van der Waals surface area (Å²) in [5.74, 6) is 0.426. The predicted molar refractivity (Wildman–Crippen MR) is 182 cm³/mol. The van der Waals surface area contributed by atoms with Crippen LogP contribution >= 0.6 is 0 Å². The van der Waals surface area contributed by atoms with Gasteiger partial charge in [0.15, 0.2) is 0 Å². The van der Waals surface area contributed by atoms with Gasteiger partial charge in [0.1, 0.15) is 29.6 Å². The highest BCUT2D eigenvalue weighted by Crippen LogP contribution is 2.42. The van der Waals surface area contributed by atoms with E-state index in [0.717, 1.165) is 28.8 Å². The quantitative estimate of drug-likeness (QED) is 0.204. The van der Waals surface area contributed by atoms with E-state index in [4.69, 9.17) is 25.1 Å². The van der Waals surface area contributed by atoms with Crippen LogP contribution in [0.15, 0.2) is 76.5 Å². The van der Waals surface area contributed by atoms with Crippen molar-refractivity contribution in [1.82, 2.24) is 4.31 Å². The number of aliphatic hydroxyl groups is 2. The van der Waals surface area contributed by atoms with Crippen molar-refractivity contribution in [2.75, 3.05) is 39.5 Å². The molecule has 0 radical (unpaired) electrons. The molecule has 2 atom stereocenters. The van der Waals surface area contributed by atoms with Crippen LogP contribution in [-0.2, 0) is 31.1 Å². The average Bonchev–Trinajstić information content (AvgIpc) is 3.52. The van der Waals surface area contributed by atoms with Gasteiger partial charge in [-0.2, -0.15) is 13.1 Å². The Morgan fingerprint density at radius 2 is 1.72 bits per heavy atom. The molecule has 3 aromatic rings. The van der Waals surface area contributed by atoms with Crippen LogP contribution in [0.2, 0.25) is 0 Å². The predicted octanol–water partition coefficient (Wildman–Crippen LogP) is 4.35. The Morgan fingerprint density at radius 3 is 2.38 bits per heavy atom. The second-order valence-corrected chi connectivity index (χ2v) is 16.8. The molecule has 274 valence electrons. The Labute approximate surface area is 291 Å². The number of hydrogen-bond acceptors (Lipinski definition) is 10. The van der Waals surface area contributed by atoms with Crippen LogP contribution in [0.5, 0.6) is 11.5 Å². The summed E-state index contributed by atoms with van der Waals surface area (Å²) >= 11 is 0. The summed E-state index contributed by atoms with van der Waals surface area (Å²) in [6.07, 6.45) is 1.82. The average molecular weight is 739 g/mol. The molecule has 0 bridgehead atoms. The molecule has 11 nitrogen and oxygen atoms in total. The highest BCUT2D eigenvalue weighted by atomic mass is 32.2. The molecule has 2 saturated heterocycles. The lowest BCUT2D eigenvalue weighted by atomic mass is 9.84. The minimum Gasteiger partial charge on any atom is -0.492 e. The lowest BCUT2D eigenvalue weighted by molar-refractivity contribution is -0.0314. The Hall–Kier alpha value is -3.18. The summed E-state index contributed by atoms with van der Waals surface area (Å²) in [5.41, 5.74) is 7.86. The highest BCUT2D eigenvalue weighted by molar-refractivity contribution is 7.92. The number of sulfone groups is 1. The van der Waals surface area contributed by atoms with Crippen molar-refractivity contribution >= 4 is 19.9 Å². The molecule has 2 fully saturated rings. The van der Waals surface area contributed by atoms with Gasteiger partial charge < -0.3 is 30.2 Å². The largest absolute Gasteiger partial charge is 0.492 e. The fourth-order valence-electron chi connectivity index (χ4n) is 6.44. The first-order valence-electron chi connectivity index (χ1n) is 16.6. The van der Waals surface area contributed by atoms with Gasteiger partial charge in [0, 0.05) is 19.6 Å². The number of piperidine rings is 1. The van der Waals surface area contributed by atoms with Crippen molar-refractivity contribution in [2.24, 2.45) is 11.7 Å². The number of halogens is 2. The van der Waals surface area contributed by atoms with Gasteiger partial charge in [0.2, 0.25) is 19.9 Å². The van der Waals surface area contributed by atoms with Crippen molar-refractivity contribution in [3.05, 3.63) is 72.3 Å². The molecule has 4 N–H and O–H groups in total. The van der Waals surface area contributed by atoms with E-state index < -0.39 is 48.3 Å². The van der Waals surface area contributed by atoms with Crippen LogP contribution in [0, 0.1) is 5.92 Å². The maximum atomic E-state index is 14.0. The van der Waals surface area contributed by atoms with Crippen LogP contribution in [-0.4, -0.2) is 87.8 Å². The minimum atomic E-state index is -5.11. The van der Waals surface area contributed by atoms with E-state index in [0.29, 0.717) is 57.6 Å². The molecule has 1 spiro atoms. The van der Waals surface area contributed by atoms with Gasteiger partial charge in [0.05, 0.1) is 29.8 Å². The molecule has 2 aliphatic rings. The second kappa shape index (κ2) is 15.6. The van der Waals surface area contributed by atoms with Crippen molar-refractivity contribution in [3.8, 4) is 22.6 Å². The molecule has 0 amide bonds. The standard InChI is InChI=1S/C35H44F2N2O9S2/c1-2-46-32-13-11-28(27-9-6-25(21-38)7-10-27)18-33(32)50(44,45)39-16-14-34(15-17-39)20-26(22-48-34)8-12-29(41)23-47-30-4-3-5-31(19-30)49(42,43)35(36,37)24-40/h3-7,9-11,13,18-19,26,29,40-41H,2,8,12,14-17,20-24,38H2,1H3/t26-,29+/m1/s1. The summed E-state index contributed by atoms with van der Waals surface area (Å²) in [6.45, 7) is 1.54. The summed E-state index contributed by atoms with van der Waals surface area (Å²) in [5, 5.41) is 15.0. The molecule has 0 aromatic heterocycles. The summed E-state index contributed by atoms with van der Waals surface area (Å²) in [4.78, 5) is -0.582. The van der Waals surface area contributed by atoms with Gasteiger partial charge in [0.25, 0.3) is 0 Å². The summed E-state index contributed by atoms with van der Waals surface area (Å²) < 4.78 is 98.7. The van der Waals surface area contributed by atoms with Gasteiger partial charge in [-0.15, -0.1) is 0 Å². The molecule has 2 aliphatic heterocycles. The monoisotopic (exact) mass is 738 g/mol. The van der Waals surface area contributed by atoms with Crippen LogP contribution in [0.25, 0.3) is 11.1 Å². The van der Waals surface area contributed by atoms with Gasteiger partial charge in [-0.05, 0) is 92.0 Å². The Kier molecular flexibility index (Phi) is 11.9. The zero-order valence-electron chi connectivity index (χ0n) is 27.8. The van der Waals surface area contributed by atoms with Crippen molar-refractivity contribution in [1.29, 1.82) is 0 Å². The number of sulfonamides is 1. The minimum absolute atomic E-state index is 0.00926. The Balaban J connectivity index is 1.14. The van der Waals surface area contributed by atoms with E-state index in [1.54, 1.807) is 19.1 Å².